The van der Waals surface area contributed by atoms with E-state index >= 15 is 0 Å². The van der Waals surface area contributed by atoms with Gasteiger partial charge in [-0.25, -0.2) is 18.1 Å². The highest BCUT2D eigenvalue weighted by Gasteiger charge is 2.33. The van der Waals surface area contributed by atoms with Crippen LogP contribution in [0.5, 0.6) is 5.88 Å². The van der Waals surface area contributed by atoms with Crippen LogP contribution in [0.2, 0.25) is 0 Å². The molecule has 0 aromatic carbocycles. The van der Waals surface area contributed by atoms with Gasteiger partial charge in [-0.3, -0.25) is 4.98 Å². The Hall–Kier alpha value is -2.03. The maximum atomic E-state index is 12.5. The first kappa shape index (κ1) is 15.9. The summed E-state index contributed by atoms with van der Waals surface area (Å²) < 4.78 is 38.3. The van der Waals surface area contributed by atoms with Crippen molar-refractivity contribution in [2.45, 2.75) is 23.5 Å². The molecule has 8 heteroatoms. The van der Waals surface area contributed by atoms with E-state index in [-0.39, 0.29) is 17.0 Å². The number of sulfonamides is 1. The van der Waals surface area contributed by atoms with E-state index in [4.69, 9.17) is 9.47 Å². The standard InChI is InChI=1S/C15H17N3O4S/c1-21-14-5-4-12(10-17-14)23(19,20)18-13-6-8-22-15(13)11-3-2-7-16-9-11/h2-5,7,9-10,13,15,18H,6,8H2,1H3/t13-,15+/m0/s1. The van der Waals surface area contributed by atoms with Crippen LogP contribution in [-0.2, 0) is 14.8 Å². The predicted octanol–water partition coefficient (Wildman–Crippen LogP) is 1.29. The maximum Gasteiger partial charge on any atom is 0.242 e. The molecule has 0 amide bonds. The molecule has 1 aliphatic heterocycles. The van der Waals surface area contributed by atoms with Gasteiger partial charge < -0.3 is 9.47 Å². The number of methoxy groups -OCH3 is 1. The van der Waals surface area contributed by atoms with E-state index in [1.165, 1.54) is 25.4 Å². The van der Waals surface area contributed by atoms with Crippen molar-refractivity contribution < 1.29 is 17.9 Å². The molecule has 7 nitrogen and oxygen atoms in total. The zero-order valence-electron chi connectivity index (χ0n) is 12.5. The molecule has 3 rings (SSSR count). The van der Waals surface area contributed by atoms with Crippen LogP contribution in [0.15, 0.2) is 47.8 Å². The molecule has 2 atom stereocenters. The largest absolute Gasteiger partial charge is 0.481 e. The summed E-state index contributed by atoms with van der Waals surface area (Å²) in [7, 11) is -2.20. The van der Waals surface area contributed by atoms with Crippen molar-refractivity contribution in [1.29, 1.82) is 0 Å². The molecule has 122 valence electrons. The van der Waals surface area contributed by atoms with Gasteiger partial charge in [0.25, 0.3) is 0 Å². The Morgan fingerprint density at radius 3 is 2.83 bits per heavy atom. The summed E-state index contributed by atoms with van der Waals surface area (Å²) in [5.74, 6) is 0.362. The number of rotatable bonds is 5. The molecule has 2 aromatic heterocycles. The number of hydrogen-bond donors (Lipinski definition) is 1. The number of hydrogen-bond acceptors (Lipinski definition) is 6. The molecule has 1 fully saturated rings. The second-order valence-electron chi connectivity index (χ2n) is 5.13. The fraction of sp³-hybridized carbons (Fsp3) is 0.333. The van der Waals surface area contributed by atoms with Crippen LogP contribution in [0, 0.1) is 0 Å². The third kappa shape index (κ3) is 3.49. The van der Waals surface area contributed by atoms with Crippen molar-refractivity contribution in [3.8, 4) is 5.88 Å². The number of nitrogens with one attached hydrogen (secondary N) is 1. The van der Waals surface area contributed by atoms with Gasteiger partial charge in [0.2, 0.25) is 15.9 Å². The Labute approximate surface area is 134 Å². The topological polar surface area (TPSA) is 90.4 Å². The predicted molar refractivity (Wildman–Crippen MR) is 82.4 cm³/mol. The molecule has 0 saturated carbocycles. The van der Waals surface area contributed by atoms with E-state index in [9.17, 15) is 8.42 Å². The molecule has 2 aromatic rings. The zero-order chi connectivity index (χ0) is 16.3. The average Bonchev–Trinajstić information content (AvgIpc) is 3.03. The van der Waals surface area contributed by atoms with Crippen LogP contribution in [0.4, 0.5) is 0 Å². The molecule has 3 heterocycles. The lowest BCUT2D eigenvalue weighted by atomic mass is 10.1. The molecule has 0 unspecified atom stereocenters. The van der Waals surface area contributed by atoms with Crippen LogP contribution in [0.1, 0.15) is 18.1 Å². The molecule has 0 aliphatic carbocycles. The Bertz CT molecular complexity index is 750. The van der Waals surface area contributed by atoms with Gasteiger partial charge >= 0.3 is 0 Å². The summed E-state index contributed by atoms with van der Waals surface area (Å²) in [6.45, 7) is 0.494. The lowest BCUT2D eigenvalue weighted by Gasteiger charge is -2.19. The quantitative estimate of drug-likeness (QED) is 0.885. The van der Waals surface area contributed by atoms with Crippen molar-refractivity contribution in [2.24, 2.45) is 0 Å². The lowest BCUT2D eigenvalue weighted by molar-refractivity contribution is 0.102. The third-order valence-corrected chi connectivity index (χ3v) is 5.11. The number of aromatic nitrogens is 2. The lowest BCUT2D eigenvalue weighted by Crippen LogP contribution is -2.36. The first-order valence-corrected chi connectivity index (χ1v) is 8.62. The Balaban J connectivity index is 1.79. The Kier molecular flexibility index (Phi) is 4.56. The minimum Gasteiger partial charge on any atom is -0.481 e. The van der Waals surface area contributed by atoms with Crippen molar-refractivity contribution in [2.75, 3.05) is 13.7 Å². The highest BCUT2D eigenvalue weighted by atomic mass is 32.2. The molecule has 1 saturated heterocycles. The van der Waals surface area contributed by atoms with Gasteiger partial charge in [-0.15, -0.1) is 0 Å². The summed E-state index contributed by atoms with van der Waals surface area (Å²) in [4.78, 5) is 8.08. The number of nitrogens with zero attached hydrogens (tertiary/aromatic N) is 2. The van der Waals surface area contributed by atoms with Crippen LogP contribution in [0.3, 0.4) is 0 Å². The number of ether oxygens (including phenoxy) is 2. The third-order valence-electron chi connectivity index (χ3n) is 3.64. The minimum atomic E-state index is -3.68. The van der Waals surface area contributed by atoms with Crippen LogP contribution in [-0.4, -0.2) is 38.1 Å². The van der Waals surface area contributed by atoms with Gasteiger partial charge in [0.05, 0.1) is 19.3 Å². The van der Waals surface area contributed by atoms with E-state index in [2.05, 4.69) is 14.7 Å². The summed E-state index contributed by atoms with van der Waals surface area (Å²) >= 11 is 0. The van der Waals surface area contributed by atoms with Crippen LogP contribution < -0.4 is 9.46 Å². The van der Waals surface area contributed by atoms with E-state index in [0.717, 1.165) is 5.56 Å². The summed E-state index contributed by atoms with van der Waals surface area (Å²) in [6.07, 6.45) is 4.88. The molecule has 0 bridgehead atoms. The van der Waals surface area contributed by atoms with Gasteiger partial charge in [0, 0.05) is 30.6 Å². The molecular weight excluding hydrogens is 318 g/mol. The zero-order valence-corrected chi connectivity index (χ0v) is 13.4. The molecule has 0 spiro atoms. The minimum absolute atomic E-state index is 0.0927. The van der Waals surface area contributed by atoms with Crippen molar-refractivity contribution in [3.63, 3.8) is 0 Å². The smallest absolute Gasteiger partial charge is 0.242 e. The summed E-state index contributed by atoms with van der Waals surface area (Å²) in [5.41, 5.74) is 0.852. The van der Waals surface area contributed by atoms with Gasteiger partial charge in [-0.1, -0.05) is 6.07 Å². The molecule has 1 N–H and O–H groups in total. The SMILES string of the molecule is COc1ccc(S(=O)(=O)N[C@H]2CCO[C@@H]2c2cccnc2)cn1. The van der Waals surface area contributed by atoms with Crippen molar-refractivity contribution in [1.82, 2.24) is 14.7 Å². The first-order valence-electron chi connectivity index (χ1n) is 7.14. The van der Waals surface area contributed by atoms with Gasteiger partial charge in [0.15, 0.2) is 0 Å². The Morgan fingerprint density at radius 1 is 1.30 bits per heavy atom. The molecule has 23 heavy (non-hydrogen) atoms. The van der Waals surface area contributed by atoms with Crippen LogP contribution >= 0.6 is 0 Å². The monoisotopic (exact) mass is 335 g/mol. The molecular formula is C15H17N3O4S. The maximum absolute atomic E-state index is 12.5. The fourth-order valence-corrected chi connectivity index (χ4v) is 3.71. The van der Waals surface area contributed by atoms with E-state index < -0.39 is 10.0 Å². The van der Waals surface area contributed by atoms with Crippen molar-refractivity contribution in [3.05, 3.63) is 48.4 Å². The molecule has 1 aliphatic rings. The normalized spacial score (nSPS) is 21.3. The van der Waals surface area contributed by atoms with E-state index in [1.807, 2.05) is 6.07 Å². The summed E-state index contributed by atoms with van der Waals surface area (Å²) in [6, 6.07) is 6.31. The van der Waals surface area contributed by atoms with Crippen molar-refractivity contribution >= 4 is 10.0 Å². The average molecular weight is 335 g/mol. The Morgan fingerprint density at radius 2 is 2.17 bits per heavy atom. The summed E-state index contributed by atoms with van der Waals surface area (Å²) in [5, 5.41) is 0. The second kappa shape index (κ2) is 6.61. The van der Waals surface area contributed by atoms with E-state index in [1.54, 1.807) is 18.5 Å². The second-order valence-corrected chi connectivity index (χ2v) is 6.84. The van der Waals surface area contributed by atoms with Gasteiger partial charge in [-0.05, 0) is 18.6 Å². The number of pyridine rings is 2. The first-order chi connectivity index (χ1) is 11.1. The fourth-order valence-electron chi connectivity index (χ4n) is 2.50. The van der Waals surface area contributed by atoms with E-state index in [0.29, 0.717) is 18.9 Å². The highest BCUT2D eigenvalue weighted by Crippen LogP contribution is 2.29. The van der Waals surface area contributed by atoms with Crippen LogP contribution in [0.25, 0.3) is 0 Å². The van der Waals surface area contributed by atoms with Gasteiger partial charge in [0.1, 0.15) is 11.0 Å². The highest BCUT2D eigenvalue weighted by molar-refractivity contribution is 7.89. The molecule has 0 radical (unpaired) electrons. The van der Waals surface area contributed by atoms with Gasteiger partial charge in [-0.2, -0.15) is 0 Å².